The molecule has 0 aliphatic carbocycles. The highest BCUT2D eigenvalue weighted by molar-refractivity contribution is 7.21. The van der Waals surface area contributed by atoms with Crippen LogP contribution in [0.15, 0.2) is 84.9 Å². The summed E-state index contributed by atoms with van der Waals surface area (Å²) in [7, 11) is 4.49. The van der Waals surface area contributed by atoms with Crippen molar-refractivity contribution in [3.05, 3.63) is 101 Å². The van der Waals surface area contributed by atoms with Crippen LogP contribution in [0.4, 0.5) is 11.4 Å². The number of amides is 1. The second-order valence-electron chi connectivity index (χ2n) is 9.43. The number of benzene rings is 4. The first kappa shape index (κ1) is 27.0. The van der Waals surface area contributed by atoms with Crippen molar-refractivity contribution in [1.29, 1.82) is 0 Å². The highest BCUT2D eigenvalue weighted by Gasteiger charge is 2.51. The van der Waals surface area contributed by atoms with E-state index < -0.39 is 17.1 Å². The summed E-state index contributed by atoms with van der Waals surface area (Å²) in [5.74, 6) is 1.39. The van der Waals surface area contributed by atoms with Gasteiger partial charge in [-0.3, -0.25) is 19.8 Å². The number of nitro benzene ring substituents is 1. The molecule has 212 valence electrons. The minimum absolute atomic E-state index is 0.0494. The maximum atomic E-state index is 13.6. The van der Waals surface area contributed by atoms with E-state index in [1.165, 1.54) is 33.5 Å². The van der Waals surface area contributed by atoms with Gasteiger partial charge in [-0.25, -0.2) is 4.98 Å². The largest absolute Gasteiger partial charge is 0.493 e. The molecule has 0 radical (unpaired) electrons. The zero-order valence-electron chi connectivity index (χ0n) is 22.8. The molecule has 0 N–H and O–H groups in total. The maximum Gasteiger partial charge on any atom is 0.271 e. The van der Waals surface area contributed by atoms with Gasteiger partial charge in [0.25, 0.3) is 11.6 Å². The lowest BCUT2D eigenvalue weighted by atomic mass is 9.89. The van der Waals surface area contributed by atoms with E-state index in [1.54, 1.807) is 40.5 Å². The molecule has 0 saturated carbocycles. The second-order valence-corrected chi connectivity index (χ2v) is 10.5. The van der Waals surface area contributed by atoms with Gasteiger partial charge in [0, 0.05) is 29.8 Å². The number of thiazole rings is 1. The van der Waals surface area contributed by atoms with Gasteiger partial charge in [-0.05, 0) is 54.1 Å². The van der Waals surface area contributed by atoms with Crippen LogP contribution in [0.1, 0.15) is 11.6 Å². The summed E-state index contributed by atoms with van der Waals surface area (Å²) in [5, 5.41) is 12.2. The third kappa shape index (κ3) is 4.73. The highest BCUT2D eigenvalue weighted by Crippen LogP contribution is 2.47. The number of anilines is 1. The van der Waals surface area contributed by atoms with Gasteiger partial charge in [-0.2, -0.15) is 0 Å². The first-order valence-electron chi connectivity index (χ1n) is 12.9. The molecule has 1 saturated heterocycles. The summed E-state index contributed by atoms with van der Waals surface area (Å²) >= 11 is 1.60. The van der Waals surface area contributed by atoms with E-state index in [1.807, 2.05) is 48.5 Å². The van der Waals surface area contributed by atoms with Crippen molar-refractivity contribution in [3.8, 4) is 33.6 Å². The molecule has 0 spiro atoms. The highest BCUT2D eigenvalue weighted by atomic mass is 32.1. The molecule has 2 atom stereocenters. The molecule has 10 nitrogen and oxygen atoms in total. The first-order valence-corrected chi connectivity index (χ1v) is 13.7. The summed E-state index contributed by atoms with van der Waals surface area (Å²) in [4.78, 5) is 30.7. The number of nitrogens with zero attached hydrogens (tertiary/aromatic N) is 3. The number of carbonyl (C=O) groups excluding carboxylic acids is 1. The van der Waals surface area contributed by atoms with Crippen molar-refractivity contribution in [2.24, 2.45) is 0 Å². The average Bonchev–Trinajstić information content (AvgIpc) is 3.46. The third-order valence-electron chi connectivity index (χ3n) is 7.08. The van der Waals surface area contributed by atoms with Gasteiger partial charge in [-0.1, -0.05) is 12.1 Å². The number of β-lactam (4-membered cyclic amide) rings is 1. The van der Waals surface area contributed by atoms with Gasteiger partial charge in [0.05, 0.1) is 42.2 Å². The lowest BCUT2D eigenvalue weighted by molar-refractivity contribution is -0.384. The fourth-order valence-electron chi connectivity index (χ4n) is 5.01. The van der Waals surface area contributed by atoms with E-state index in [-0.39, 0.29) is 11.6 Å². The molecule has 1 fully saturated rings. The van der Waals surface area contributed by atoms with Gasteiger partial charge >= 0.3 is 0 Å². The van der Waals surface area contributed by atoms with E-state index in [0.29, 0.717) is 34.2 Å². The normalized spacial score (nSPS) is 16.2. The molecule has 6 rings (SSSR count). The zero-order valence-corrected chi connectivity index (χ0v) is 23.7. The number of hydrogen-bond acceptors (Lipinski definition) is 9. The van der Waals surface area contributed by atoms with Gasteiger partial charge < -0.3 is 18.9 Å². The van der Waals surface area contributed by atoms with Crippen molar-refractivity contribution in [1.82, 2.24) is 4.98 Å². The van der Waals surface area contributed by atoms with E-state index in [4.69, 9.17) is 23.9 Å². The van der Waals surface area contributed by atoms with E-state index in [2.05, 4.69) is 0 Å². The summed E-state index contributed by atoms with van der Waals surface area (Å²) in [6.45, 7) is 0. The van der Waals surface area contributed by atoms with Crippen molar-refractivity contribution < 1.29 is 28.7 Å². The molecule has 5 aromatic rings. The number of fused-ring (bicyclic) bond motifs is 1. The van der Waals surface area contributed by atoms with Crippen LogP contribution in [0.25, 0.3) is 20.8 Å². The Hall–Kier alpha value is -5.16. The average molecular weight is 584 g/mol. The van der Waals surface area contributed by atoms with E-state index in [9.17, 15) is 14.9 Å². The lowest BCUT2D eigenvalue weighted by Gasteiger charge is -2.46. The Bertz CT molecular complexity index is 1730. The molecule has 2 heterocycles. The second kappa shape index (κ2) is 11.0. The van der Waals surface area contributed by atoms with Crippen LogP contribution < -0.4 is 23.8 Å². The molecular weight excluding hydrogens is 558 g/mol. The monoisotopic (exact) mass is 583 g/mol. The molecule has 1 aliphatic rings. The van der Waals surface area contributed by atoms with Gasteiger partial charge in [0.2, 0.25) is 11.9 Å². The van der Waals surface area contributed by atoms with Crippen molar-refractivity contribution in [2.75, 3.05) is 26.2 Å². The Morgan fingerprint density at radius 3 is 2.14 bits per heavy atom. The maximum absolute atomic E-state index is 13.6. The van der Waals surface area contributed by atoms with Crippen LogP contribution >= 0.6 is 11.3 Å². The molecule has 0 unspecified atom stereocenters. The summed E-state index contributed by atoms with van der Waals surface area (Å²) < 4.78 is 23.8. The molecule has 1 aliphatic heterocycles. The topological polar surface area (TPSA) is 113 Å². The van der Waals surface area contributed by atoms with Crippen molar-refractivity contribution in [3.63, 3.8) is 0 Å². The van der Waals surface area contributed by atoms with Crippen molar-refractivity contribution >= 4 is 38.8 Å². The Morgan fingerprint density at radius 1 is 0.881 bits per heavy atom. The number of non-ortho nitro benzene ring substituents is 1. The zero-order chi connectivity index (χ0) is 29.4. The Morgan fingerprint density at radius 2 is 1.55 bits per heavy atom. The quantitative estimate of drug-likeness (QED) is 0.111. The minimum Gasteiger partial charge on any atom is -0.493 e. The summed E-state index contributed by atoms with van der Waals surface area (Å²) in [6, 6.07) is 24.3. The Balaban J connectivity index is 1.32. The van der Waals surface area contributed by atoms with Crippen LogP contribution in [-0.2, 0) is 4.79 Å². The number of para-hydroxylation sites is 1. The SMILES string of the molecule is COc1cc(N2C(=O)[C@H](Oc3ccc(-c4nc5ccccc5s4)cc3)[C@@H]2c2ccc([N+](=O)[O-])cc2)cc(OC)c1OC. The number of aromatic nitrogens is 1. The van der Waals surface area contributed by atoms with Gasteiger partial charge in [-0.15, -0.1) is 11.3 Å². The van der Waals surface area contributed by atoms with Crippen LogP contribution in [0.5, 0.6) is 23.0 Å². The molecule has 42 heavy (non-hydrogen) atoms. The predicted molar refractivity (Wildman–Crippen MR) is 159 cm³/mol. The lowest BCUT2D eigenvalue weighted by Crippen LogP contribution is -2.61. The number of carbonyl (C=O) groups is 1. The van der Waals surface area contributed by atoms with Crippen LogP contribution in [-0.4, -0.2) is 43.2 Å². The first-order chi connectivity index (χ1) is 20.4. The van der Waals surface area contributed by atoms with Gasteiger partial charge in [0.1, 0.15) is 16.8 Å². The molecule has 11 heteroatoms. The molecule has 1 aromatic heterocycles. The number of methoxy groups -OCH3 is 3. The minimum atomic E-state index is -0.876. The van der Waals surface area contributed by atoms with E-state index >= 15 is 0 Å². The number of nitro groups is 1. The Labute approximate surface area is 244 Å². The summed E-state index contributed by atoms with van der Waals surface area (Å²) in [6.07, 6.45) is -0.876. The van der Waals surface area contributed by atoms with Gasteiger partial charge in [0.15, 0.2) is 11.5 Å². The molecule has 4 aromatic carbocycles. The fourth-order valence-corrected chi connectivity index (χ4v) is 5.98. The number of hydrogen-bond donors (Lipinski definition) is 0. The number of rotatable bonds is 9. The third-order valence-corrected chi connectivity index (χ3v) is 8.16. The molecule has 0 bridgehead atoms. The van der Waals surface area contributed by atoms with E-state index in [0.717, 1.165) is 20.8 Å². The van der Waals surface area contributed by atoms with Crippen LogP contribution in [0.2, 0.25) is 0 Å². The van der Waals surface area contributed by atoms with Crippen LogP contribution in [0.3, 0.4) is 0 Å². The smallest absolute Gasteiger partial charge is 0.271 e. The van der Waals surface area contributed by atoms with Crippen molar-refractivity contribution in [2.45, 2.75) is 12.1 Å². The predicted octanol–water partition coefficient (Wildman–Crippen LogP) is 6.43. The fraction of sp³-hybridized carbons (Fsp3) is 0.161. The molecular formula is C31H25N3O7S. The van der Waals surface area contributed by atoms with Crippen LogP contribution in [0, 0.1) is 10.1 Å². The summed E-state index contributed by atoms with van der Waals surface area (Å²) in [5.41, 5.74) is 3.01. The number of ether oxygens (including phenoxy) is 4. The standard InChI is InChI=1S/C31H25N3O7S/c1-38-24-16-21(17-25(39-2)28(24)40-3)33-27(18-8-12-20(13-9-18)34(36)37)29(31(33)35)41-22-14-10-19(11-15-22)30-32-23-6-4-5-7-26(23)42-30/h4-17,27,29H,1-3H3/t27-,29+/m0/s1. The Kier molecular flexibility index (Phi) is 7.09. The molecule has 1 amide bonds.